The predicted octanol–water partition coefficient (Wildman–Crippen LogP) is 3.98. The molecule has 2 N–H and O–H groups in total. The number of hydrogen-bond acceptors (Lipinski definition) is 4. The second-order valence-corrected chi connectivity index (χ2v) is 7.99. The summed E-state index contributed by atoms with van der Waals surface area (Å²) in [6.45, 7) is 0.835. The van der Waals surface area contributed by atoms with Crippen LogP contribution >= 0.6 is 11.6 Å². The maximum absolute atomic E-state index is 12.7. The first-order valence-corrected chi connectivity index (χ1v) is 10.7. The molecular formula is C24H21ClN4O4. The summed E-state index contributed by atoms with van der Waals surface area (Å²) in [5, 5.41) is 12.4. The van der Waals surface area contributed by atoms with Gasteiger partial charge >= 0.3 is 6.09 Å². The van der Waals surface area contributed by atoms with Gasteiger partial charge in [0.15, 0.2) is 0 Å². The molecule has 0 aliphatic carbocycles. The lowest BCUT2D eigenvalue weighted by Crippen LogP contribution is -2.51. The van der Waals surface area contributed by atoms with Crippen LogP contribution in [-0.4, -0.2) is 57.4 Å². The average molecular weight is 465 g/mol. The van der Waals surface area contributed by atoms with Gasteiger partial charge in [0.1, 0.15) is 6.54 Å². The van der Waals surface area contributed by atoms with E-state index in [1.54, 1.807) is 53.6 Å². The number of carbonyl (C=O) groups is 3. The normalized spacial score (nSPS) is 13.7. The molecule has 0 unspecified atom stereocenters. The number of amides is 3. The average Bonchev–Trinajstić information content (AvgIpc) is 2.82. The van der Waals surface area contributed by atoms with Gasteiger partial charge in [-0.3, -0.25) is 19.5 Å². The summed E-state index contributed by atoms with van der Waals surface area (Å²) >= 11 is 6.30. The van der Waals surface area contributed by atoms with E-state index in [2.05, 4.69) is 10.3 Å². The van der Waals surface area contributed by atoms with Crippen molar-refractivity contribution in [3.8, 4) is 11.3 Å². The summed E-state index contributed by atoms with van der Waals surface area (Å²) in [4.78, 5) is 42.9. The van der Waals surface area contributed by atoms with Crippen LogP contribution in [0, 0.1) is 0 Å². The molecular weight excluding hydrogens is 444 g/mol. The number of rotatable bonds is 5. The highest BCUT2D eigenvalue weighted by Crippen LogP contribution is 2.29. The first kappa shape index (κ1) is 22.3. The summed E-state index contributed by atoms with van der Waals surface area (Å²) in [5.74, 6) is -0.515. The summed E-state index contributed by atoms with van der Waals surface area (Å²) in [5.41, 5.74) is 3.35. The molecule has 3 aromatic rings. The third-order valence-corrected chi connectivity index (χ3v) is 5.67. The lowest BCUT2D eigenvalue weighted by atomic mass is 10.1. The van der Waals surface area contributed by atoms with Gasteiger partial charge < -0.3 is 15.3 Å². The second kappa shape index (κ2) is 9.70. The van der Waals surface area contributed by atoms with Gasteiger partial charge in [-0.05, 0) is 48.0 Å². The van der Waals surface area contributed by atoms with Gasteiger partial charge in [-0.1, -0.05) is 29.8 Å². The van der Waals surface area contributed by atoms with Crippen molar-refractivity contribution < 1.29 is 19.5 Å². The molecule has 2 heterocycles. The van der Waals surface area contributed by atoms with E-state index in [1.807, 2.05) is 18.2 Å². The van der Waals surface area contributed by atoms with E-state index in [0.29, 0.717) is 35.1 Å². The Morgan fingerprint density at radius 3 is 2.52 bits per heavy atom. The van der Waals surface area contributed by atoms with Gasteiger partial charge in [-0.2, -0.15) is 0 Å². The maximum atomic E-state index is 12.7. The molecule has 1 aromatic heterocycles. The predicted molar refractivity (Wildman–Crippen MR) is 124 cm³/mol. The van der Waals surface area contributed by atoms with Crippen molar-refractivity contribution in [1.29, 1.82) is 0 Å². The first-order chi connectivity index (χ1) is 15.9. The topological polar surface area (TPSA) is 103 Å². The molecule has 1 saturated heterocycles. The molecule has 3 amide bonds. The highest BCUT2D eigenvalue weighted by molar-refractivity contribution is 6.33. The monoisotopic (exact) mass is 464 g/mol. The number of anilines is 1. The minimum Gasteiger partial charge on any atom is -0.465 e. The van der Waals surface area contributed by atoms with Gasteiger partial charge in [-0.15, -0.1) is 0 Å². The third kappa shape index (κ3) is 5.30. The van der Waals surface area contributed by atoms with Crippen LogP contribution in [0.3, 0.4) is 0 Å². The number of piperazine rings is 1. The van der Waals surface area contributed by atoms with Gasteiger partial charge in [0, 0.05) is 42.6 Å². The number of pyridine rings is 1. The SMILES string of the molecule is O=C(Nc1ccc(Cl)c(-c2ccccn2)c1)c1ccc(CN2CCN(C(=O)O)CC2=O)cc1. The van der Waals surface area contributed by atoms with Crippen molar-refractivity contribution in [3.63, 3.8) is 0 Å². The van der Waals surface area contributed by atoms with E-state index in [1.165, 1.54) is 0 Å². The van der Waals surface area contributed by atoms with Crippen LogP contribution in [-0.2, 0) is 11.3 Å². The quantitative estimate of drug-likeness (QED) is 0.594. The fourth-order valence-corrected chi connectivity index (χ4v) is 3.76. The van der Waals surface area contributed by atoms with E-state index in [4.69, 9.17) is 16.7 Å². The zero-order valence-corrected chi connectivity index (χ0v) is 18.3. The Morgan fingerprint density at radius 2 is 1.85 bits per heavy atom. The van der Waals surface area contributed by atoms with E-state index >= 15 is 0 Å². The number of hydrogen-bond donors (Lipinski definition) is 2. The van der Waals surface area contributed by atoms with Crippen molar-refractivity contribution in [3.05, 3.63) is 83.0 Å². The summed E-state index contributed by atoms with van der Waals surface area (Å²) in [6.07, 6.45) is 0.587. The van der Waals surface area contributed by atoms with Crippen LogP contribution in [0.5, 0.6) is 0 Å². The summed E-state index contributed by atoms with van der Waals surface area (Å²) < 4.78 is 0. The number of nitrogens with zero attached hydrogens (tertiary/aromatic N) is 3. The van der Waals surface area contributed by atoms with Crippen molar-refractivity contribution in [2.75, 3.05) is 25.0 Å². The second-order valence-electron chi connectivity index (χ2n) is 7.58. The van der Waals surface area contributed by atoms with E-state index < -0.39 is 6.09 Å². The fourth-order valence-electron chi connectivity index (χ4n) is 3.55. The molecule has 1 aliphatic rings. The minimum absolute atomic E-state index is 0.141. The van der Waals surface area contributed by atoms with E-state index in [0.717, 1.165) is 16.0 Å². The fraction of sp³-hybridized carbons (Fsp3) is 0.167. The first-order valence-electron chi connectivity index (χ1n) is 10.3. The smallest absolute Gasteiger partial charge is 0.407 e. The Kier molecular flexibility index (Phi) is 6.55. The van der Waals surface area contributed by atoms with Gasteiger partial charge in [-0.25, -0.2) is 4.79 Å². The van der Waals surface area contributed by atoms with Crippen LogP contribution in [0.4, 0.5) is 10.5 Å². The molecule has 4 rings (SSSR count). The zero-order chi connectivity index (χ0) is 23.4. The van der Waals surface area contributed by atoms with Crippen LogP contribution in [0.1, 0.15) is 15.9 Å². The molecule has 1 aliphatic heterocycles. The molecule has 8 nitrogen and oxygen atoms in total. The molecule has 1 fully saturated rings. The number of aromatic nitrogens is 1. The van der Waals surface area contributed by atoms with Crippen LogP contribution < -0.4 is 5.32 Å². The summed E-state index contributed by atoms with van der Waals surface area (Å²) in [6, 6.07) is 17.7. The van der Waals surface area contributed by atoms with Gasteiger partial charge in [0.05, 0.1) is 10.7 Å². The van der Waals surface area contributed by atoms with Gasteiger partial charge in [0.25, 0.3) is 5.91 Å². The Balaban J connectivity index is 1.40. The van der Waals surface area contributed by atoms with Crippen LogP contribution in [0.15, 0.2) is 66.9 Å². The van der Waals surface area contributed by atoms with Crippen LogP contribution in [0.25, 0.3) is 11.3 Å². The molecule has 0 spiro atoms. The zero-order valence-electron chi connectivity index (χ0n) is 17.6. The molecule has 0 saturated carbocycles. The molecule has 0 bridgehead atoms. The Morgan fingerprint density at radius 1 is 1.06 bits per heavy atom. The van der Waals surface area contributed by atoms with Crippen LogP contribution in [0.2, 0.25) is 5.02 Å². The number of carbonyl (C=O) groups excluding carboxylic acids is 2. The van der Waals surface area contributed by atoms with Crippen molar-refractivity contribution in [1.82, 2.24) is 14.8 Å². The standard InChI is InChI=1S/C24H21ClN4O4/c25-20-9-8-18(13-19(20)21-3-1-2-10-26-21)27-23(31)17-6-4-16(5-7-17)14-28-11-12-29(24(32)33)15-22(28)30/h1-10,13H,11-12,14-15H2,(H,27,31)(H,32,33). The Hall–Kier alpha value is -3.91. The number of halogens is 1. The maximum Gasteiger partial charge on any atom is 0.407 e. The lowest BCUT2D eigenvalue weighted by molar-refractivity contribution is -0.135. The van der Waals surface area contributed by atoms with Crippen molar-refractivity contribution in [2.45, 2.75) is 6.54 Å². The highest BCUT2D eigenvalue weighted by atomic mass is 35.5. The Bertz CT molecular complexity index is 1180. The molecule has 168 valence electrons. The molecule has 33 heavy (non-hydrogen) atoms. The summed E-state index contributed by atoms with van der Waals surface area (Å²) in [7, 11) is 0. The third-order valence-electron chi connectivity index (χ3n) is 5.34. The van der Waals surface area contributed by atoms with Gasteiger partial charge in [0.2, 0.25) is 5.91 Å². The molecule has 2 aromatic carbocycles. The van der Waals surface area contributed by atoms with E-state index in [9.17, 15) is 14.4 Å². The number of carboxylic acid groups (broad SMARTS) is 1. The highest BCUT2D eigenvalue weighted by Gasteiger charge is 2.26. The van der Waals surface area contributed by atoms with Crippen molar-refractivity contribution >= 4 is 35.2 Å². The minimum atomic E-state index is -1.09. The Labute approximate surface area is 195 Å². The lowest BCUT2D eigenvalue weighted by Gasteiger charge is -2.32. The number of benzene rings is 2. The van der Waals surface area contributed by atoms with Crippen molar-refractivity contribution in [2.24, 2.45) is 0 Å². The number of nitrogens with one attached hydrogen (secondary N) is 1. The largest absolute Gasteiger partial charge is 0.465 e. The van der Waals surface area contributed by atoms with E-state index in [-0.39, 0.29) is 24.9 Å². The molecule has 0 radical (unpaired) electrons. The molecule has 9 heteroatoms. The molecule has 0 atom stereocenters.